The molecule has 1 amide bonds. The Labute approximate surface area is 183 Å². The van der Waals surface area contributed by atoms with Gasteiger partial charge in [0.15, 0.2) is 0 Å². The predicted molar refractivity (Wildman–Crippen MR) is 116 cm³/mol. The molecule has 1 saturated heterocycles. The zero-order valence-corrected chi connectivity index (χ0v) is 19.3. The van der Waals surface area contributed by atoms with Gasteiger partial charge in [-0.2, -0.15) is 8.42 Å². The maximum Gasteiger partial charge on any atom is 0.410 e. The van der Waals surface area contributed by atoms with E-state index in [9.17, 15) is 18.3 Å². The summed E-state index contributed by atoms with van der Waals surface area (Å²) in [5.41, 5.74) is -1.25. The predicted octanol–water partition coefficient (Wildman–Crippen LogP) is 2.75. The first kappa shape index (κ1) is 24.9. The van der Waals surface area contributed by atoms with Gasteiger partial charge in [0.1, 0.15) is 5.60 Å². The summed E-state index contributed by atoms with van der Waals surface area (Å²) >= 11 is 6.16. The lowest BCUT2D eigenvalue weighted by Gasteiger charge is -2.43. The number of halogens is 1. The number of nitrogens with two attached hydrogens (primary N) is 1. The topological polar surface area (TPSA) is 122 Å². The fraction of sp³-hybridized carbons (Fsp3) is 0.650. The van der Waals surface area contributed by atoms with E-state index in [0.717, 1.165) is 6.42 Å². The number of amides is 1. The summed E-state index contributed by atoms with van der Waals surface area (Å²) in [4.78, 5) is 14.2. The standard InChI is InChI=1S/C20H32ClN3O5S/c1-19(2,3)29-18(25)24-12-5-8-16(14-24)20(26,10-6-11-23-30(22,27)28)15-7-4-9-17(21)13-15/h4,7,9,13,16,23,26H,5-6,8,10-12,14H2,1-3H3,(H2,22,27,28). The molecule has 1 heterocycles. The van der Waals surface area contributed by atoms with Crippen molar-refractivity contribution in [2.45, 2.75) is 57.7 Å². The van der Waals surface area contributed by atoms with E-state index < -0.39 is 27.5 Å². The van der Waals surface area contributed by atoms with Crippen molar-refractivity contribution < 1.29 is 23.1 Å². The molecule has 4 N–H and O–H groups in total. The van der Waals surface area contributed by atoms with E-state index >= 15 is 0 Å². The fourth-order valence-electron chi connectivity index (χ4n) is 3.77. The maximum atomic E-state index is 12.6. The number of carbonyl (C=O) groups is 1. The van der Waals surface area contributed by atoms with E-state index in [1.807, 2.05) is 20.8 Å². The molecule has 10 heteroatoms. The van der Waals surface area contributed by atoms with Crippen LogP contribution in [0.1, 0.15) is 52.0 Å². The largest absolute Gasteiger partial charge is 0.444 e. The van der Waals surface area contributed by atoms with E-state index in [4.69, 9.17) is 21.5 Å². The van der Waals surface area contributed by atoms with Crippen molar-refractivity contribution in [3.05, 3.63) is 34.9 Å². The molecule has 1 aromatic rings. The summed E-state index contributed by atoms with van der Waals surface area (Å²) < 4.78 is 30.0. The van der Waals surface area contributed by atoms with Gasteiger partial charge in [0.2, 0.25) is 0 Å². The highest BCUT2D eigenvalue weighted by Gasteiger charge is 2.42. The van der Waals surface area contributed by atoms with E-state index in [1.165, 1.54) is 0 Å². The van der Waals surface area contributed by atoms with Crippen LogP contribution in [0.4, 0.5) is 4.79 Å². The summed E-state index contributed by atoms with van der Waals surface area (Å²) in [6.07, 6.45) is 1.68. The van der Waals surface area contributed by atoms with Crippen molar-refractivity contribution in [1.82, 2.24) is 9.62 Å². The minimum atomic E-state index is -3.80. The van der Waals surface area contributed by atoms with E-state index in [2.05, 4.69) is 4.72 Å². The Morgan fingerprint density at radius 3 is 2.70 bits per heavy atom. The number of hydrogen-bond donors (Lipinski definition) is 3. The minimum absolute atomic E-state index is 0.101. The molecule has 2 unspecified atom stereocenters. The normalized spacial score (nSPS) is 19.9. The SMILES string of the molecule is CC(C)(C)OC(=O)N1CCCC(C(O)(CCCNS(N)(=O)=O)c2cccc(Cl)c2)C1. The molecule has 0 spiro atoms. The van der Waals surface area contributed by atoms with Gasteiger partial charge in [-0.05, 0) is 64.2 Å². The number of ether oxygens (including phenoxy) is 1. The Balaban J connectivity index is 2.21. The van der Waals surface area contributed by atoms with Gasteiger partial charge in [-0.1, -0.05) is 23.7 Å². The van der Waals surface area contributed by atoms with Gasteiger partial charge >= 0.3 is 6.09 Å². The number of benzene rings is 1. The molecule has 0 radical (unpaired) electrons. The Kier molecular flexibility index (Phi) is 8.15. The third kappa shape index (κ3) is 7.39. The third-order valence-electron chi connectivity index (χ3n) is 5.11. The summed E-state index contributed by atoms with van der Waals surface area (Å²) in [5.74, 6) is -0.258. The second kappa shape index (κ2) is 9.82. The zero-order chi connectivity index (χ0) is 22.6. The maximum absolute atomic E-state index is 12.6. The Hall–Kier alpha value is -1.39. The first-order valence-electron chi connectivity index (χ1n) is 10.0. The zero-order valence-electron chi connectivity index (χ0n) is 17.7. The van der Waals surface area contributed by atoms with Gasteiger partial charge in [0.25, 0.3) is 10.2 Å². The van der Waals surface area contributed by atoms with Gasteiger partial charge in [0, 0.05) is 30.6 Å². The van der Waals surface area contributed by atoms with Crippen LogP contribution in [0.25, 0.3) is 0 Å². The van der Waals surface area contributed by atoms with Crippen LogP contribution in [0.15, 0.2) is 24.3 Å². The van der Waals surface area contributed by atoms with Crippen LogP contribution in [0.2, 0.25) is 5.02 Å². The number of nitrogens with zero attached hydrogens (tertiary/aromatic N) is 1. The number of likely N-dealkylation sites (tertiary alicyclic amines) is 1. The Morgan fingerprint density at radius 2 is 2.10 bits per heavy atom. The molecule has 0 aliphatic carbocycles. The first-order valence-corrected chi connectivity index (χ1v) is 12.0. The fourth-order valence-corrected chi connectivity index (χ4v) is 4.39. The highest BCUT2D eigenvalue weighted by atomic mass is 35.5. The summed E-state index contributed by atoms with van der Waals surface area (Å²) in [7, 11) is -3.80. The molecule has 0 aromatic heterocycles. The van der Waals surface area contributed by atoms with Crippen LogP contribution in [0.5, 0.6) is 0 Å². The van der Waals surface area contributed by atoms with Crippen LogP contribution < -0.4 is 9.86 Å². The second-order valence-corrected chi connectivity index (χ2v) is 10.6. The number of rotatable bonds is 7. The molecule has 30 heavy (non-hydrogen) atoms. The van der Waals surface area contributed by atoms with Crippen molar-refractivity contribution in [3.8, 4) is 0 Å². The molecule has 0 saturated carbocycles. The lowest BCUT2D eigenvalue weighted by molar-refractivity contribution is -0.0631. The summed E-state index contributed by atoms with van der Waals surface area (Å²) in [6.45, 7) is 6.43. The highest BCUT2D eigenvalue weighted by molar-refractivity contribution is 7.87. The van der Waals surface area contributed by atoms with Crippen LogP contribution in [-0.2, 0) is 20.5 Å². The average Bonchev–Trinajstić information content (AvgIpc) is 2.63. The summed E-state index contributed by atoms with van der Waals surface area (Å²) in [6, 6.07) is 6.99. The quantitative estimate of drug-likeness (QED) is 0.539. The highest BCUT2D eigenvalue weighted by Crippen LogP contribution is 2.40. The van der Waals surface area contributed by atoms with Crippen LogP contribution in [0, 0.1) is 5.92 Å². The van der Waals surface area contributed by atoms with Crippen LogP contribution in [0.3, 0.4) is 0 Å². The molecule has 1 aromatic carbocycles. The van der Waals surface area contributed by atoms with Crippen LogP contribution in [-0.4, -0.2) is 49.8 Å². The van der Waals surface area contributed by atoms with Gasteiger partial charge in [-0.3, -0.25) is 0 Å². The number of piperidine rings is 1. The number of hydrogen-bond acceptors (Lipinski definition) is 5. The second-order valence-electron chi connectivity index (χ2n) is 8.74. The van der Waals surface area contributed by atoms with Crippen molar-refractivity contribution in [1.29, 1.82) is 0 Å². The van der Waals surface area contributed by atoms with Gasteiger partial charge in [-0.15, -0.1) is 0 Å². The number of carbonyl (C=O) groups excluding carboxylic acids is 1. The molecule has 2 atom stereocenters. The van der Waals surface area contributed by atoms with Crippen LogP contribution >= 0.6 is 11.6 Å². The monoisotopic (exact) mass is 461 g/mol. The molecule has 0 bridgehead atoms. The minimum Gasteiger partial charge on any atom is -0.444 e. The Morgan fingerprint density at radius 1 is 1.40 bits per heavy atom. The van der Waals surface area contributed by atoms with Gasteiger partial charge < -0.3 is 14.7 Å². The van der Waals surface area contributed by atoms with Crippen molar-refractivity contribution >= 4 is 27.9 Å². The average molecular weight is 462 g/mol. The van der Waals surface area contributed by atoms with Crippen molar-refractivity contribution in [2.24, 2.45) is 11.1 Å². The van der Waals surface area contributed by atoms with Gasteiger partial charge in [0.05, 0.1) is 5.60 Å². The molecule has 170 valence electrons. The van der Waals surface area contributed by atoms with E-state index in [0.29, 0.717) is 36.5 Å². The summed E-state index contributed by atoms with van der Waals surface area (Å²) in [5, 5.41) is 17.2. The first-order chi connectivity index (χ1) is 13.8. The van der Waals surface area contributed by atoms with Crippen molar-refractivity contribution in [3.63, 3.8) is 0 Å². The Bertz CT molecular complexity index is 843. The van der Waals surface area contributed by atoms with E-state index in [1.54, 1.807) is 29.2 Å². The molecule has 1 aliphatic heterocycles. The number of nitrogens with one attached hydrogen (secondary N) is 1. The lowest BCUT2D eigenvalue weighted by atomic mass is 9.74. The lowest BCUT2D eigenvalue weighted by Crippen LogP contribution is -2.49. The molecule has 1 fully saturated rings. The molecule has 1 aliphatic rings. The number of aliphatic hydroxyl groups is 1. The smallest absolute Gasteiger partial charge is 0.410 e. The molecule has 8 nitrogen and oxygen atoms in total. The van der Waals surface area contributed by atoms with Gasteiger partial charge in [-0.25, -0.2) is 14.7 Å². The van der Waals surface area contributed by atoms with Crippen molar-refractivity contribution in [2.75, 3.05) is 19.6 Å². The molecule has 2 rings (SSSR count). The molecular formula is C20H32ClN3O5S. The molecular weight excluding hydrogens is 430 g/mol. The third-order valence-corrected chi connectivity index (χ3v) is 5.95. The van der Waals surface area contributed by atoms with E-state index in [-0.39, 0.29) is 18.9 Å².